The Balaban J connectivity index is 1.35. The lowest BCUT2D eigenvalue weighted by Gasteiger charge is -2.08. The monoisotopic (exact) mass is 431 g/mol. The molecule has 0 saturated carbocycles. The number of ether oxygens (including phenoxy) is 1. The van der Waals surface area contributed by atoms with Gasteiger partial charge in [0.15, 0.2) is 5.82 Å². The molecular weight excluding hydrogens is 406 g/mol. The summed E-state index contributed by atoms with van der Waals surface area (Å²) >= 11 is 1.40. The first-order chi connectivity index (χ1) is 15.0. The molecule has 0 unspecified atom stereocenters. The van der Waals surface area contributed by atoms with Crippen molar-refractivity contribution in [3.8, 4) is 5.75 Å². The van der Waals surface area contributed by atoms with Crippen LogP contribution in [-0.4, -0.2) is 15.7 Å². The molecule has 2 aromatic carbocycles. The third-order valence-corrected chi connectivity index (χ3v) is 6.07. The third-order valence-electron chi connectivity index (χ3n) is 5.09. The molecule has 2 aromatic heterocycles. The number of amides is 1. The van der Waals surface area contributed by atoms with Gasteiger partial charge < -0.3 is 10.1 Å². The van der Waals surface area contributed by atoms with Crippen LogP contribution in [0, 0.1) is 20.8 Å². The number of aromatic nitrogens is 2. The summed E-state index contributed by atoms with van der Waals surface area (Å²) in [6, 6.07) is 18.0. The number of hydrogen-bond acceptors (Lipinski definition) is 4. The van der Waals surface area contributed by atoms with Gasteiger partial charge in [-0.2, -0.15) is 5.10 Å². The number of nitrogens with zero attached hydrogens (tertiary/aromatic N) is 2. The van der Waals surface area contributed by atoms with Crippen molar-refractivity contribution >= 4 is 23.1 Å². The summed E-state index contributed by atoms with van der Waals surface area (Å²) < 4.78 is 7.77. The fourth-order valence-corrected chi connectivity index (χ4v) is 4.04. The fraction of sp³-hybridized carbons (Fsp3) is 0.200. The van der Waals surface area contributed by atoms with Crippen molar-refractivity contribution in [3.63, 3.8) is 0 Å². The number of anilines is 1. The van der Waals surface area contributed by atoms with Crippen molar-refractivity contribution in [2.75, 3.05) is 5.32 Å². The van der Waals surface area contributed by atoms with Gasteiger partial charge in [-0.3, -0.25) is 9.48 Å². The molecule has 0 saturated heterocycles. The predicted octanol–water partition coefficient (Wildman–Crippen LogP) is 5.75. The average Bonchev–Trinajstić information content (AvgIpc) is 3.40. The van der Waals surface area contributed by atoms with E-state index in [9.17, 15) is 4.79 Å². The summed E-state index contributed by atoms with van der Waals surface area (Å²) in [5, 5.41) is 9.31. The first-order valence-corrected chi connectivity index (χ1v) is 11.0. The summed E-state index contributed by atoms with van der Waals surface area (Å²) in [6.07, 6.45) is 1.87. The predicted molar refractivity (Wildman–Crippen MR) is 125 cm³/mol. The van der Waals surface area contributed by atoms with Crippen LogP contribution >= 0.6 is 11.3 Å². The maximum absolute atomic E-state index is 12.6. The lowest BCUT2D eigenvalue weighted by atomic mass is 10.1. The highest BCUT2D eigenvalue weighted by atomic mass is 32.1. The zero-order chi connectivity index (χ0) is 21.8. The molecule has 0 fully saturated rings. The van der Waals surface area contributed by atoms with Crippen molar-refractivity contribution in [1.29, 1.82) is 0 Å². The van der Waals surface area contributed by atoms with E-state index in [2.05, 4.69) is 41.6 Å². The smallest absolute Gasteiger partial charge is 0.266 e. The van der Waals surface area contributed by atoms with Gasteiger partial charge in [0, 0.05) is 17.8 Å². The number of rotatable bonds is 7. The molecule has 0 radical (unpaired) electrons. The maximum Gasteiger partial charge on any atom is 0.266 e. The van der Waals surface area contributed by atoms with Gasteiger partial charge >= 0.3 is 0 Å². The van der Waals surface area contributed by atoms with E-state index in [1.807, 2.05) is 60.4 Å². The molecule has 0 bridgehead atoms. The van der Waals surface area contributed by atoms with E-state index in [1.165, 1.54) is 22.5 Å². The first kappa shape index (κ1) is 20.9. The molecule has 6 heteroatoms. The van der Waals surface area contributed by atoms with Gasteiger partial charge in [0.1, 0.15) is 12.4 Å². The van der Waals surface area contributed by atoms with Crippen LogP contribution in [0.1, 0.15) is 37.5 Å². The molecule has 0 atom stereocenters. The Morgan fingerprint density at radius 1 is 1.06 bits per heavy atom. The number of nitrogens with one attached hydrogen (secondary N) is 1. The summed E-state index contributed by atoms with van der Waals surface area (Å²) in [6.45, 7) is 7.25. The van der Waals surface area contributed by atoms with Crippen molar-refractivity contribution in [3.05, 3.63) is 98.9 Å². The van der Waals surface area contributed by atoms with E-state index in [0.29, 0.717) is 23.8 Å². The molecule has 0 aliphatic carbocycles. The third kappa shape index (κ3) is 5.22. The quantitative estimate of drug-likeness (QED) is 0.405. The molecule has 2 heterocycles. The molecule has 1 amide bonds. The second-order valence-electron chi connectivity index (χ2n) is 7.66. The fourth-order valence-electron chi connectivity index (χ4n) is 3.25. The van der Waals surface area contributed by atoms with Crippen LogP contribution in [0.15, 0.2) is 66.2 Å². The van der Waals surface area contributed by atoms with Crippen LogP contribution in [0.5, 0.6) is 5.75 Å². The molecule has 0 aliphatic heterocycles. The minimum atomic E-state index is -0.163. The SMILES string of the molecule is Cc1ccc(C)c(OCc2csc(C(=O)Nc3ccn(Cc4ccccc4C)n3)c2)c1. The topological polar surface area (TPSA) is 56.1 Å². The minimum absolute atomic E-state index is 0.163. The normalized spacial score (nSPS) is 10.8. The molecule has 4 aromatic rings. The zero-order valence-electron chi connectivity index (χ0n) is 17.9. The Hall–Kier alpha value is -3.38. The number of thiophene rings is 1. The second-order valence-corrected chi connectivity index (χ2v) is 8.57. The van der Waals surface area contributed by atoms with E-state index in [0.717, 1.165) is 22.4 Å². The van der Waals surface area contributed by atoms with Gasteiger partial charge in [-0.25, -0.2) is 0 Å². The van der Waals surface area contributed by atoms with Crippen molar-refractivity contribution in [2.45, 2.75) is 33.9 Å². The van der Waals surface area contributed by atoms with Crippen LogP contribution in [0.4, 0.5) is 5.82 Å². The highest BCUT2D eigenvalue weighted by Gasteiger charge is 2.12. The van der Waals surface area contributed by atoms with Gasteiger partial charge in [0.05, 0.1) is 11.4 Å². The molecule has 4 rings (SSSR count). The van der Waals surface area contributed by atoms with E-state index in [1.54, 1.807) is 0 Å². The lowest BCUT2D eigenvalue weighted by molar-refractivity contribution is 0.103. The molecule has 5 nitrogen and oxygen atoms in total. The summed E-state index contributed by atoms with van der Waals surface area (Å²) in [7, 11) is 0. The Morgan fingerprint density at radius 3 is 2.74 bits per heavy atom. The summed E-state index contributed by atoms with van der Waals surface area (Å²) in [5.74, 6) is 1.25. The summed E-state index contributed by atoms with van der Waals surface area (Å²) in [4.78, 5) is 13.3. The van der Waals surface area contributed by atoms with Crippen LogP contribution in [0.2, 0.25) is 0 Å². The van der Waals surface area contributed by atoms with Gasteiger partial charge in [0.25, 0.3) is 5.91 Å². The zero-order valence-corrected chi connectivity index (χ0v) is 18.7. The average molecular weight is 432 g/mol. The van der Waals surface area contributed by atoms with Crippen LogP contribution in [0.25, 0.3) is 0 Å². The molecular formula is C25H25N3O2S. The Morgan fingerprint density at radius 2 is 1.90 bits per heavy atom. The van der Waals surface area contributed by atoms with Crippen LogP contribution in [-0.2, 0) is 13.2 Å². The molecule has 158 valence electrons. The number of carbonyl (C=O) groups is 1. The Kier molecular flexibility index (Phi) is 6.18. The number of benzene rings is 2. The number of aryl methyl sites for hydroxylation is 3. The van der Waals surface area contributed by atoms with E-state index in [4.69, 9.17) is 4.74 Å². The Bertz CT molecular complexity index is 1210. The molecule has 1 N–H and O–H groups in total. The van der Waals surface area contributed by atoms with Gasteiger partial charge in [-0.05, 0) is 60.5 Å². The van der Waals surface area contributed by atoms with Crippen LogP contribution in [0.3, 0.4) is 0 Å². The van der Waals surface area contributed by atoms with Gasteiger partial charge in [-0.1, -0.05) is 36.4 Å². The highest BCUT2D eigenvalue weighted by molar-refractivity contribution is 7.12. The molecule has 0 aliphatic rings. The van der Waals surface area contributed by atoms with Gasteiger partial charge in [0.2, 0.25) is 0 Å². The van der Waals surface area contributed by atoms with Crippen molar-refractivity contribution in [2.24, 2.45) is 0 Å². The van der Waals surface area contributed by atoms with Crippen LogP contribution < -0.4 is 10.1 Å². The lowest BCUT2D eigenvalue weighted by Crippen LogP contribution is -2.11. The first-order valence-electron chi connectivity index (χ1n) is 10.1. The molecule has 0 spiro atoms. The summed E-state index contributed by atoms with van der Waals surface area (Å²) in [5.41, 5.74) is 5.65. The molecule has 31 heavy (non-hydrogen) atoms. The van der Waals surface area contributed by atoms with Gasteiger partial charge in [-0.15, -0.1) is 11.3 Å². The van der Waals surface area contributed by atoms with Crippen molar-refractivity contribution < 1.29 is 9.53 Å². The van der Waals surface area contributed by atoms with Crippen molar-refractivity contribution in [1.82, 2.24) is 9.78 Å². The maximum atomic E-state index is 12.6. The number of carbonyl (C=O) groups excluding carboxylic acids is 1. The largest absolute Gasteiger partial charge is 0.489 e. The Labute approximate surface area is 186 Å². The number of hydrogen-bond donors (Lipinski definition) is 1. The van der Waals surface area contributed by atoms with E-state index < -0.39 is 0 Å². The highest BCUT2D eigenvalue weighted by Crippen LogP contribution is 2.22. The minimum Gasteiger partial charge on any atom is -0.489 e. The standard InChI is InChI=1S/C25H25N3O2S/c1-17-8-9-19(3)22(12-17)30-15-20-13-23(31-16-20)25(29)26-24-10-11-28(27-24)14-21-7-5-4-6-18(21)2/h4-13,16H,14-15H2,1-3H3,(H,26,27,29). The van der Waals surface area contributed by atoms with E-state index >= 15 is 0 Å². The van der Waals surface area contributed by atoms with E-state index in [-0.39, 0.29) is 5.91 Å². The second kappa shape index (κ2) is 9.18.